The molecular weight excluding hydrogens is 210 g/mol. The molecule has 88 valence electrons. The van der Waals surface area contributed by atoms with Gasteiger partial charge >= 0.3 is 0 Å². The SMILES string of the molecule is C[C@@H]1C(=O)N2CCCC2=C[C@H]1c1ccccc1. The molecule has 1 aromatic carbocycles. The van der Waals surface area contributed by atoms with Crippen molar-refractivity contribution in [3.8, 4) is 0 Å². The molecule has 0 bridgehead atoms. The summed E-state index contributed by atoms with van der Waals surface area (Å²) in [6, 6.07) is 10.4. The van der Waals surface area contributed by atoms with Crippen LogP contribution in [0.1, 0.15) is 31.2 Å². The number of fused-ring (bicyclic) bond motifs is 1. The maximum Gasteiger partial charge on any atom is 0.230 e. The number of benzene rings is 1. The van der Waals surface area contributed by atoms with Crippen molar-refractivity contribution >= 4 is 5.91 Å². The minimum absolute atomic E-state index is 0.0687. The number of rotatable bonds is 1. The second kappa shape index (κ2) is 4.02. The van der Waals surface area contributed by atoms with Gasteiger partial charge in [-0.1, -0.05) is 43.3 Å². The van der Waals surface area contributed by atoms with E-state index < -0.39 is 0 Å². The van der Waals surface area contributed by atoms with E-state index in [1.165, 1.54) is 11.3 Å². The number of carbonyl (C=O) groups excluding carboxylic acids is 1. The summed E-state index contributed by atoms with van der Waals surface area (Å²) in [6.45, 7) is 2.96. The van der Waals surface area contributed by atoms with Crippen molar-refractivity contribution in [1.29, 1.82) is 0 Å². The summed E-state index contributed by atoms with van der Waals surface area (Å²) >= 11 is 0. The van der Waals surface area contributed by atoms with E-state index in [2.05, 4.69) is 18.2 Å². The first-order chi connectivity index (χ1) is 8.27. The Morgan fingerprint density at radius 1 is 1.24 bits per heavy atom. The second-order valence-electron chi connectivity index (χ2n) is 4.98. The van der Waals surface area contributed by atoms with Crippen LogP contribution in [-0.4, -0.2) is 17.4 Å². The van der Waals surface area contributed by atoms with Crippen molar-refractivity contribution in [2.75, 3.05) is 6.54 Å². The summed E-state index contributed by atoms with van der Waals surface area (Å²) in [5.41, 5.74) is 2.49. The van der Waals surface area contributed by atoms with Crippen LogP contribution in [0.5, 0.6) is 0 Å². The predicted octanol–water partition coefficient (Wildman–Crippen LogP) is 2.93. The summed E-state index contributed by atoms with van der Waals surface area (Å²) in [5, 5.41) is 0. The fourth-order valence-corrected chi connectivity index (χ4v) is 2.93. The quantitative estimate of drug-likeness (QED) is 0.722. The van der Waals surface area contributed by atoms with Crippen molar-refractivity contribution in [2.45, 2.75) is 25.7 Å². The normalized spacial score (nSPS) is 27.9. The van der Waals surface area contributed by atoms with Crippen molar-refractivity contribution in [1.82, 2.24) is 4.90 Å². The van der Waals surface area contributed by atoms with E-state index in [0.29, 0.717) is 5.91 Å². The Hall–Kier alpha value is -1.57. The molecule has 17 heavy (non-hydrogen) atoms. The van der Waals surface area contributed by atoms with Crippen molar-refractivity contribution in [2.24, 2.45) is 5.92 Å². The van der Waals surface area contributed by atoms with E-state index in [9.17, 15) is 4.79 Å². The average Bonchev–Trinajstić information content (AvgIpc) is 2.83. The fraction of sp³-hybridized carbons (Fsp3) is 0.400. The largest absolute Gasteiger partial charge is 0.316 e. The molecule has 0 radical (unpaired) electrons. The minimum atomic E-state index is 0.0687. The van der Waals surface area contributed by atoms with E-state index in [1.807, 2.05) is 30.0 Å². The van der Waals surface area contributed by atoms with Crippen molar-refractivity contribution in [3.63, 3.8) is 0 Å². The average molecular weight is 227 g/mol. The highest BCUT2D eigenvalue weighted by atomic mass is 16.2. The third-order valence-corrected chi connectivity index (χ3v) is 3.91. The van der Waals surface area contributed by atoms with E-state index in [-0.39, 0.29) is 11.8 Å². The third kappa shape index (κ3) is 1.68. The standard InChI is InChI=1S/C15H17NO/c1-11-14(12-6-3-2-4-7-12)10-13-8-5-9-16(13)15(11)17/h2-4,6-7,10-11,14H,5,8-9H2,1H3/t11-,14+/m0/s1. The van der Waals surface area contributed by atoms with Crippen LogP contribution in [0.15, 0.2) is 42.1 Å². The Labute approximate surface area is 102 Å². The summed E-state index contributed by atoms with van der Waals surface area (Å²) in [4.78, 5) is 14.3. The molecule has 2 atom stereocenters. The zero-order valence-electron chi connectivity index (χ0n) is 10.1. The van der Waals surface area contributed by atoms with Crippen LogP contribution in [-0.2, 0) is 4.79 Å². The summed E-state index contributed by atoms with van der Waals surface area (Å²) in [5.74, 6) is 0.626. The maximum absolute atomic E-state index is 12.3. The molecule has 1 aromatic rings. The van der Waals surface area contributed by atoms with Crippen LogP contribution in [0.25, 0.3) is 0 Å². The number of hydrogen-bond donors (Lipinski definition) is 0. The highest BCUT2D eigenvalue weighted by Gasteiger charge is 2.36. The van der Waals surface area contributed by atoms with E-state index >= 15 is 0 Å². The molecule has 1 saturated heterocycles. The van der Waals surface area contributed by atoms with Crippen LogP contribution in [0, 0.1) is 5.92 Å². The van der Waals surface area contributed by atoms with Crippen LogP contribution in [0.2, 0.25) is 0 Å². The van der Waals surface area contributed by atoms with Crippen molar-refractivity contribution in [3.05, 3.63) is 47.7 Å². The van der Waals surface area contributed by atoms with Gasteiger partial charge in [0.05, 0.1) is 0 Å². The molecule has 0 saturated carbocycles. The minimum Gasteiger partial charge on any atom is -0.316 e. The first-order valence-electron chi connectivity index (χ1n) is 6.34. The van der Waals surface area contributed by atoms with Gasteiger partial charge in [0.15, 0.2) is 0 Å². The number of hydrogen-bond acceptors (Lipinski definition) is 1. The molecule has 0 aromatic heterocycles. The summed E-state index contributed by atoms with van der Waals surface area (Å²) < 4.78 is 0. The molecule has 0 N–H and O–H groups in total. The molecule has 2 aliphatic heterocycles. The lowest BCUT2D eigenvalue weighted by atomic mass is 9.83. The lowest BCUT2D eigenvalue weighted by Gasteiger charge is -2.32. The van der Waals surface area contributed by atoms with Gasteiger partial charge in [-0.05, 0) is 18.4 Å². The van der Waals surface area contributed by atoms with Gasteiger partial charge in [-0.15, -0.1) is 0 Å². The van der Waals surface area contributed by atoms with Gasteiger partial charge in [0.2, 0.25) is 5.91 Å². The number of nitrogens with zero attached hydrogens (tertiary/aromatic N) is 1. The van der Waals surface area contributed by atoms with Gasteiger partial charge in [0.1, 0.15) is 0 Å². The molecular formula is C15H17NO. The molecule has 1 amide bonds. The van der Waals surface area contributed by atoms with E-state index in [4.69, 9.17) is 0 Å². The van der Waals surface area contributed by atoms with Gasteiger partial charge in [-0.2, -0.15) is 0 Å². The number of allylic oxidation sites excluding steroid dienone is 2. The fourth-order valence-electron chi connectivity index (χ4n) is 2.93. The summed E-state index contributed by atoms with van der Waals surface area (Å²) in [6.07, 6.45) is 4.47. The Bertz CT molecular complexity index is 463. The first kappa shape index (κ1) is 10.6. The Morgan fingerprint density at radius 2 is 2.00 bits per heavy atom. The van der Waals surface area contributed by atoms with Gasteiger partial charge < -0.3 is 4.90 Å². The van der Waals surface area contributed by atoms with Gasteiger partial charge in [-0.3, -0.25) is 4.79 Å². The second-order valence-corrected chi connectivity index (χ2v) is 4.98. The summed E-state index contributed by atoms with van der Waals surface area (Å²) in [7, 11) is 0. The molecule has 3 rings (SSSR count). The monoisotopic (exact) mass is 227 g/mol. The Balaban J connectivity index is 2.00. The molecule has 2 heterocycles. The van der Waals surface area contributed by atoms with E-state index in [0.717, 1.165) is 19.4 Å². The number of amides is 1. The van der Waals surface area contributed by atoms with Gasteiger partial charge in [0, 0.05) is 24.1 Å². The molecule has 0 aliphatic carbocycles. The lowest BCUT2D eigenvalue weighted by Crippen LogP contribution is -2.37. The zero-order chi connectivity index (χ0) is 11.8. The van der Waals surface area contributed by atoms with Crippen LogP contribution in [0.4, 0.5) is 0 Å². The maximum atomic E-state index is 12.3. The van der Waals surface area contributed by atoms with Crippen LogP contribution >= 0.6 is 0 Å². The molecule has 2 aliphatic rings. The molecule has 2 heteroatoms. The first-order valence-corrected chi connectivity index (χ1v) is 6.34. The van der Waals surface area contributed by atoms with Crippen LogP contribution in [0.3, 0.4) is 0 Å². The Kier molecular flexibility index (Phi) is 2.50. The zero-order valence-corrected chi connectivity index (χ0v) is 10.1. The highest BCUT2D eigenvalue weighted by Crippen LogP contribution is 2.37. The molecule has 0 spiro atoms. The van der Waals surface area contributed by atoms with E-state index in [1.54, 1.807) is 0 Å². The number of carbonyl (C=O) groups is 1. The molecule has 2 nitrogen and oxygen atoms in total. The Morgan fingerprint density at radius 3 is 2.76 bits per heavy atom. The predicted molar refractivity (Wildman–Crippen MR) is 67.4 cm³/mol. The van der Waals surface area contributed by atoms with Gasteiger partial charge in [0.25, 0.3) is 0 Å². The van der Waals surface area contributed by atoms with Crippen LogP contribution < -0.4 is 0 Å². The lowest BCUT2D eigenvalue weighted by molar-refractivity contribution is -0.133. The third-order valence-electron chi connectivity index (χ3n) is 3.91. The topological polar surface area (TPSA) is 20.3 Å². The smallest absolute Gasteiger partial charge is 0.230 e. The van der Waals surface area contributed by atoms with Crippen molar-refractivity contribution < 1.29 is 4.79 Å². The molecule has 1 fully saturated rings. The molecule has 0 unspecified atom stereocenters. The highest BCUT2D eigenvalue weighted by molar-refractivity contribution is 5.83. The van der Waals surface area contributed by atoms with Gasteiger partial charge in [-0.25, -0.2) is 0 Å².